The van der Waals surface area contributed by atoms with Crippen molar-refractivity contribution >= 4 is 60.2 Å². The summed E-state index contributed by atoms with van der Waals surface area (Å²) in [5.74, 6) is 0. The molecule has 0 radical (unpaired) electrons. The number of rotatable bonds is 6. The molecule has 10 rings (SSSR count). The highest BCUT2D eigenvalue weighted by Gasteiger charge is 2.18. The van der Waals surface area contributed by atoms with E-state index in [1.54, 1.807) is 0 Å². The average molecular weight is 678 g/mol. The lowest BCUT2D eigenvalue weighted by molar-refractivity contribution is 1.30. The van der Waals surface area contributed by atoms with Gasteiger partial charge in [0.25, 0.3) is 0 Å². The molecule has 10 aromatic rings. The van der Waals surface area contributed by atoms with Crippen molar-refractivity contribution in [1.82, 2.24) is 0 Å². The SMILES string of the molecule is [2H]c1c([2H])c(N(c2ccc(-c3ccccc3-c3ccccc3)cc2)c2cc3ccccc3c3ccccc23)c([2H])c([2H])c1-c1ccc2c(ccc3ccccc32)c1. The minimum Gasteiger partial charge on any atom is -0.310 e. The molecule has 0 spiro atoms. The fourth-order valence-electron chi connectivity index (χ4n) is 7.73. The summed E-state index contributed by atoms with van der Waals surface area (Å²) >= 11 is 0. The Hall–Kier alpha value is -6.96. The summed E-state index contributed by atoms with van der Waals surface area (Å²) in [6.45, 7) is 0. The highest BCUT2D eigenvalue weighted by molar-refractivity contribution is 6.14. The third-order valence-electron chi connectivity index (χ3n) is 10.3. The molecule has 1 heteroatoms. The van der Waals surface area contributed by atoms with Crippen LogP contribution in [0.3, 0.4) is 0 Å². The standard InChI is InChI=1S/C52H35N/c1-2-12-37(13-3-1)45-17-8-9-18-47(45)39-26-31-44(32-27-39)53(52-35-41-15-5-7-19-48(41)50-20-10-11-21-51(50)52)43-29-24-36(25-30-43)40-28-33-49-42(34-40)23-22-38-14-4-6-16-46(38)49/h1-35H/i24D,25D,29D,30D. The highest BCUT2D eigenvalue weighted by atomic mass is 15.1. The second kappa shape index (κ2) is 13.0. The predicted molar refractivity (Wildman–Crippen MR) is 227 cm³/mol. The fraction of sp³-hybridized carbons (Fsp3) is 0. The van der Waals surface area contributed by atoms with Crippen molar-refractivity contribution in [3.05, 3.63) is 212 Å². The Morgan fingerprint density at radius 3 is 1.55 bits per heavy atom. The van der Waals surface area contributed by atoms with E-state index in [1.807, 2.05) is 95.9 Å². The molecule has 0 bridgehead atoms. The van der Waals surface area contributed by atoms with Gasteiger partial charge in [0.1, 0.15) is 0 Å². The second-order valence-corrected chi connectivity index (χ2v) is 13.4. The Morgan fingerprint density at radius 1 is 0.302 bits per heavy atom. The van der Waals surface area contributed by atoms with Gasteiger partial charge in [-0.1, -0.05) is 176 Å². The predicted octanol–water partition coefficient (Wildman–Crippen LogP) is 14.8. The van der Waals surface area contributed by atoms with Crippen LogP contribution < -0.4 is 4.90 Å². The van der Waals surface area contributed by atoms with Gasteiger partial charge < -0.3 is 4.90 Å². The van der Waals surface area contributed by atoms with Crippen molar-refractivity contribution in [2.75, 3.05) is 4.90 Å². The maximum absolute atomic E-state index is 9.66. The van der Waals surface area contributed by atoms with E-state index in [1.165, 1.54) is 0 Å². The molecule has 0 N–H and O–H groups in total. The first-order chi connectivity index (χ1) is 28.0. The van der Waals surface area contributed by atoms with Crippen LogP contribution in [0.4, 0.5) is 17.1 Å². The first kappa shape index (κ1) is 26.8. The highest BCUT2D eigenvalue weighted by Crippen LogP contribution is 2.43. The number of benzene rings is 10. The topological polar surface area (TPSA) is 3.24 Å². The van der Waals surface area contributed by atoms with Crippen LogP contribution in [0.1, 0.15) is 5.48 Å². The van der Waals surface area contributed by atoms with Crippen molar-refractivity contribution in [2.45, 2.75) is 0 Å². The molecule has 0 aliphatic rings. The van der Waals surface area contributed by atoms with E-state index in [0.717, 1.165) is 76.7 Å². The molecule has 1 nitrogen and oxygen atoms in total. The lowest BCUT2D eigenvalue weighted by atomic mass is 9.94. The van der Waals surface area contributed by atoms with Crippen LogP contribution in [0.2, 0.25) is 0 Å². The third kappa shape index (κ3) is 5.51. The molecule has 0 aliphatic heterocycles. The molecule has 0 amide bonds. The van der Waals surface area contributed by atoms with Gasteiger partial charge in [0.05, 0.1) is 11.2 Å². The quantitative estimate of drug-likeness (QED) is 0.158. The maximum atomic E-state index is 9.66. The zero-order chi connectivity index (χ0) is 38.6. The Kier molecular flexibility index (Phi) is 6.56. The first-order valence-electron chi connectivity index (χ1n) is 19.9. The molecule has 53 heavy (non-hydrogen) atoms. The van der Waals surface area contributed by atoms with Crippen LogP contribution >= 0.6 is 0 Å². The maximum Gasteiger partial charge on any atom is 0.0645 e. The van der Waals surface area contributed by atoms with Crippen molar-refractivity contribution in [1.29, 1.82) is 0 Å². The van der Waals surface area contributed by atoms with Gasteiger partial charge in [0.15, 0.2) is 0 Å². The largest absolute Gasteiger partial charge is 0.310 e. The number of hydrogen-bond donors (Lipinski definition) is 0. The summed E-state index contributed by atoms with van der Waals surface area (Å²) in [6, 6.07) is 63.4. The van der Waals surface area contributed by atoms with E-state index in [0.29, 0.717) is 5.56 Å². The molecule has 0 saturated heterocycles. The number of nitrogens with zero attached hydrogens (tertiary/aromatic N) is 1. The number of anilines is 3. The van der Waals surface area contributed by atoms with Crippen LogP contribution in [0, 0.1) is 0 Å². The van der Waals surface area contributed by atoms with Gasteiger partial charge in [-0.05, 0) is 107 Å². The van der Waals surface area contributed by atoms with E-state index in [9.17, 15) is 5.48 Å². The third-order valence-corrected chi connectivity index (χ3v) is 10.3. The van der Waals surface area contributed by atoms with Gasteiger partial charge in [0.2, 0.25) is 0 Å². The number of hydrogen-bond acceptors (Lipinski definition) is 1. The van der Waals surface area contributed by atoms with Crippen LogP contribution in [-0.2, 0) is 0 Å². The van der Waals surface area contributed by atoms with Crippen molar-refractivity contribution in [3.63, 3.8) is 0 Å². The van der Waals surface area contributed by atoms with Gasteiger partial charge in [-0.25, -0.2) is 0 Å². The van der Waals surface area contributed by atoms with Crippen LogP contribution in [0.5, 0.6) is 0 Å². The molecule has 0 aromatic heterocycles. The van der Waals surface area contributed by atoms with Gasteiger partial charge in [-0.15, -0.1) is 0 Å². The van der Waals surface area contributed by atoms with Crippen LogP contribution in [0.15, 0.2) is 212 Å². The van der Waals surface area contributed by atoms with Crippen molar-refractivity contribution in [2.24, 2.45) is 0 Å². The molecule has 0 fully saturated rings. The van der Waals surface area contributed by atoms with Crippen molar-refractivity contribution < 1.29 is 5.48 Å². The Bertz CT molecular complexity index is 3150. The summed E-state index contributed by atoms with van der Waals surface area (Å²) in [5, 5.41) is 8.42. The monoisotopic (exact) mass is 677 g/mol. The summed E-state index contributed by atoms with van der Waals surface area (Å²) in [4.78, 5) is 1.92. The molecule has 0 unspecified atom stereocenters. The summed E-state index contributed by atoms with van der Waals surface area (Å²) in [5.41, 5.74) is 6.99. The summed E-state index contributed by atoms with van der Waals surface area (Å²) < 4.78 is 38.3. The smallest absolute Gasteiger partial charge is 0.0645 e. The Balaban J connectivity index is 1.18. The van der Waals surface area contributed by atoms with Gasteiger partial charge in [-0.2, -0.15) is 0 Å². The molecule has 0 aliphatic carbocycles. The average Bonchev–Trinajstić information content (AvgIpc) is 3.27. The van der Waals surface area contributed by atoms with E-state index in [4.69, 9.17) is 0 Å². The second-order valence-electron chi connectivity index (χ2n) is 13.4. The molecule has 10 aromatic carbocycles. The van der Waals surface area contributed by atoms with E-state index >= 15 is 0 Å². The molecule has 0 atom stereocenters. The van der Waals surface area contributed by atoms with Crippen LogP contribution in [0.25, 0.3) is 76.5 Å². The summed E-state index contributed by atoms with van der Waals surface area (Å²) in [6.07, 6.45) is 0. The Morgan fingerprint density at radius 2 is 0.811 bits per heavy atom. The minimum absolute atomic E-state index is 0.0883. The van der Waals surface area contributed by atoms with Crippen LogP contribution in [-0.4, -0.2) is 0 Å². The van der Waals surface area contributed by atoms with Gasteiger partial charge in [-0.3, -0.25) is 0 Å². The molecular formula is C52H35N. The molecule has 0 saturated carbocycles. The van der Waals surface area contributed by atoms with Gasteiger partial charge in [0, 0.05) is 16.8 Å². The zero-order valence-electron chi connectivity index (χ0n) is 32.8. The molecule has 248 valence electrons. The molecule has 0 heterocycles. The lowest BCUT2D eigenvalue weighted by Crippen LogP contribution is -2.10. The normalized spacial score (nSPS) is 12.5. The van der Waals surface area contributed by atoms with Crippen molar-refractivity contribution in [3.8, 4) is 33.4 Å². The summed E-state index contributed by atoms with van der Waals surface area (Å²) in [7, 11) is 0. The zero-order valence-corrected chi connectivity index (χ0v) is 28.8. The number of fused-ring (bicyclic) bond motifs is 6. The van der Waals surface area contributed by atoms with Gasteiger partial charge >= 0.3 is 0 Å². The first-order valence-corrected chi connectivity index (χ1v) is 17.9. The van der Waals surface area contributed by atoms with E-state index < -0.39 is 0 Å². The molecular weight excluding hydrogens is 639 g/mol. The Labute approximate surface area is 315 Å². The minimum atomic E-state index is -0.111. The van der Waals surface area contributed by atoms with E-state index in [-0.39, 0.29) is 35.4 Å². The van der Waals surface area contributed by atoms with E-state index in [2.05, 4.69) is 97.1 Å². The fourth-order valence-corrected chi connectivity index (χ4v) is 7.73. The lowest BCUT2D eigenvalue weighted by Gasteiger charge is -2.28.